The minimum Gasteiger partial charge on any atom is -0.464 e. The maximum atomic E-state index is 14.1. The van der Waals surface area contributed by atoms with E-state index in [1.165, 1.54) is 41.5 Å². The first kappa shape index (κ1) is 27.2. The highest BCUT2D eigenvalue weighted by atomic mass is 19.1. The average molecular weight is 536 g/mol. The van der Waals surface area contributed by atoms with Crippen molar-refractivity contribution in [3.05, 3.63) is 124 Å². The maximum absolute atomic E-state index is 14.1. The van der Waals surface area contributed by atoms with Gasteiger partial charge in [0, 0.05) is 19.2 Å². The van der Waals surface area contributed by atoms with Crippen LogP contribution in [-0.2, 0) is 17.9 Å². The van der Waals surface area contributed by atoms with Crippen LogP contribution in [0.15, 0.2) is 94.9 Å². The van der Waals surface area contributed by atoms with Crippen LogP contribution in [0.1, 0.15) is 11.1 Å². The Balaban J connectivity index is 1.59. The van der Waals surface area contributed by atoms with Crippen molar-refractivity contribution >= 4 is 28.6 Å². The second-order valence-corrected chi connectivity index (χ2v) is 8.69. The second kappa shape index (κ2) is 12.1. The van der Waals surface area contributed by atoms with Crippen molar-refractivity contribution in [1.82, 2.24) is 9.80 Å². The predicted octanol–water partition coefficient (Wildman–Crippen LogP) is 5.46. The van der Waals surface area contributed by atoms with E-state index in [1.54, 1.807) is 24.3 Å². The lowest BCUT2D eigenvalue weighted by Gasteiger charge is -2.27. The van der Waals surface area contributed by atoms with E-state index in [-0.39, 0.29) is 36.3 Å². The predicted molar refractivity (Wildman–Crippen MR) is 140 cm³/mol. The van der Waals surface area contributed by atoms with Gasteiger partial charge in [-0.2, -0.15) is 0 Å². The molecular weight excluding hydrogens is 511 g/mol. The van der Waals surface area contributed by atoms with E-state index in [0.717, 1.165) is 17.0 Å². The summed E-state index contributed by atoms with van der Waals surface area (Å²) >= 11 is 0. The number of rotatable bonds is 9. The van der Waals surface area contributed by atoms with Gasteiger partial charge in [-0.05, 0) is 42.0 Å². The van der Waals surface area contributed by atoms with Gasteiger partial charge in [-0.3, -0.25) is 9.59 Å². The number of urea groups is 1. The minimum absolute atomic E-state index is 0.00151. The standard InChI is InChI=1S/C29H24F3N3O4/c1-2-13-34(29(38)33-25-12-11-22(31)14-24(25)32)17-27(36)35(15-19-7-9-21(30)10-8-19)16-20-18-39-26-6-4-3-5-23(26)28(20)37/h2-12,14,18H,1,13,15-17H2,(H,33,38). The van der Waals surface area contributed by atoms with Crippen LogP contribution in [0.25, 0.3) is 11.0 Å². The van der Waals surface area contributed by atoms with Crippen molar-refractivity contribution in [3.63, 3.8) is 0 Å². The lowest BCUT2D eigenvalue weighted by Crippen LogP contribution is -2.44. The topological polar surface area (TPSA) is 82.9 Å². The maximum Gasteiger partial charge on any atom is 0.322 e. The van der Waals surface area contributed by atoms with Crippen molar-refractivity contribution in [2.24, 2.45) is 0 Å². The highest BCUT2D eigenvalue weighted by Crippen LogP contribution is 2.17. The number of halogens is 3. The van der Waals surface area contributed by atoms with Crippen molar-refractivity contribution in [3.8, 4) is 0 Å². The first-order valence-electron chi connectivity index (χ1n) is 11.9. The fraction of sp³-hybridized carbons (Fsp3) is 0.138. The third-order valence-electron chi connectivity index (χ3n) is 5.89. The van der Waals surface area contributed by atoms with Crippen molar-refractivity contribution in [2.45, 2.75) is 13.1 Å². The molecule has 4 rings (SSSR count). The van der Waals surface area contributed by atoms with Crippen LogP contribution < -0.4 is 10.7 Å². The summed E-state index contributed by atoms with van der Waals surface area (Å²) in [6.45, 7) is 2.92. The monoisotopic (exact) mass is 535 g/mol. The number of nitrogens with one attached hydrogen (secondary N) is 1. The van der Waals surface area contributed by atoms with E-state index < -0.39 is 35.9 Å². The van der Waals surface area contributed by atoms with Gasteiger partial charge in [-0.15, -0.1) is 6.58 Å². The normalized spacial score (nSPS) is 10.7. The number of nitrogens with zero attached hydrogens (tertiary/aromatic N) is 2. The van der Waals surface area contributed by atoms with Crippen LogP contribution in [0.2, 0.25) is 0 Å². The van der Waals surface area contributed by atoms with Crippen LogP contribution in [-0.4, -0.2) is 34.8 Å². The number of fused-ring (bicyclic) bond motifs is 1. The molecule has 0 aliphatic rings. The largest absolute Gasteiger partial charge is 0.464 e. The van der Waals surface area contributed by atoms with Gasteiger partial charge in [-0.25, -0.2) is 18.0 Å². The van der Waals surface area contributed by atoms with Gasteiger partial charge in [0.1, 0.15) is 29.6 Å². The van der Waals surface area contributed by atoms with Gasteiger partial charge in [0.2, 0.25) is 5.91 Å². The Hall–Kier alpha value is -4.86. The molecular formula is C29H24F3N3O4. The zero-order valence-corrected chi connectivity index (χ0v) is 20.7. The lowest BCUT2D eigenvalue weighted by molar-refractivity contribution is -0.133. The average Bonchev–Trinajstić information content (AvgIpc) is 2.92. The Morgan fingerprint density at radius 1 is 0.923 bits per heavy atom. The summed E-state index contributed by atoms with van der Waals surface area (Å²) in [6.07, 6.45) is 2.66. The summed E-state index contributed by atoms with van der Waals surface area (Å²) < 4.78 is 46.4. The molecule has 39 heavy (non-hydrogen) atoms. The van der Waals surface area contributed by atoms with Gasteiger partial charge in [0.15, 0.2) is 5.43 Å². The fourth-order valence-electron chi connectivity index (χ4n) is 3.90. The summed E-state index contributed by atoms with van der Waals surface area (Å²) in [5, 5.41) is 2.67. The van der Waals surface area contributed by atoms with E-state index in [9.17, 15) is 27.6 Å². The van der Waals surface area contributed by atoms with Gasteiger partial charge in [0.05, 0.1) is 29.4 Å². The molecule has 0 radical (unpaired) electrons. The van der Waals surface area contributed by atoms with Crippen LogP contribution in [0, 0.1) is 17.5 Å². The molecule has 1 heterocycles. The molecule has 0 spiro atoms. The molecule has 3 amide bonds. The third kappa shape index (κ3) is 6.72. The molecule has 0 aliphatic carbocycles. The van der Waals surface area contributed by atoms with Gasteiger partial charge < -0.3 is 19.5 Å². The molecule has 4 aromatic rings. The number of hydrogen-bond acceptors (Lipinski definition) is 4. The Morgan fingerprint density at radius 3 is 2.36 bits per heavy atom. The second-order valence-electron chi connectivity index (χ2n) is 8.69. The number of anilines is 1. The summed E-state index contributed by atoms with van der Waals surface area (Å²) in [7, 11) is 0. The van der Waals surface area contributed by atoms with Crippen molar-refractivity contribution < 1.29 is 27.2 Å². The molecule has 10 heteroatoms. The van der Waals surface area contributed by atoms with Gasteiger partial charge in [-0.1, -0.05) is 30.3 Å². The molecule has 0 atom stereocenters. The first-order chi connectivity index (χ1) is 18.7. The van der Waals surface area contributed by atoms with E-state index in [2.05, 4.69) is 11.9 Å². The highest BCUT2D eigenvalue weighted by molar-refractivity contribution is 5.92. The van der Waals surface area contributed by atoms with Crippen LogP contribution >= 0.6 is 0 Å². The van der Waals surface area contributed by atoms with Crippen molar-refractivity contribution in [1.29, 1.82) is 0 Å². The number of para-hydroxylation sites is 1. The number of benzene rings is 3. The molecule has 0 aliphatic heterocycles. The zero-order valence-electron chi connectivity index (χ0n) is 20.7. The molecule has 0 saturated heterocycles. The highest BCUT2D eigenvalue weighted by Gasteiger charge is 2.23. The molecule has 3 aromatic carbocycles. The molecule has 1 N–H and O–H groups in total. The fourth-order valence-corrected chi connectivity index (χ4v) is 3.90. The molecule has 7 nitrogen and oxygen atoms in total. The minimum atomic E-state index is -0.978. The summed E-state index contributed by atoms with van der Waals surface area (Å²) in [6, 6.07) is 14.0. The quantitative estimate of drug-likeness (QED) is 0.289. The van der Waals surface area contributed by atoms with Gasteiger partial charge in [0.25, 0.3) is 0 Å². The summed E-state index contributed by atoms with van der Waals surface area (Å²) in [5.74, 6) is -2.79. The van der Waals surface area contributed by atoms with E-state index in [1.807, 2.05) is 0 Å². The van der Waals surface area contributed by atoms with Crippen molar-refractivity contribution in [2.75, 3.05) is 18.4 Å². The van der Waals surface area contributed by atoms with E-state index in [4.69, 9.17) is 4.42 Å². The Morgan fingerprint density at radius 2 is 1.64 bits per heavy atom. The van der Waals surface area contributed by atoms with Crippen LogP contribution in [0.4, 0.5) is 23.7 Å². The van der Waals surface area contributed by atoms with Crippen LogP contribution in [0.3, 0.4) is 0 Å². The smallest absolute Gasteiger partial charge is 0.322 e. The molecule has 0 unspecified atom stereocenters. The molecule has 0 fully saturated rings. The Kier molecular flexibility index (Phi) is 8.45. The summed E-state index contributed by atoms with van der Waals surface area (Å²) in [4.78, 5) is 41.9. The first-order valence-corrected chi connectivity index (χ1v) is 11.9. The third-order valence-corrected chi connectivity index (χ3v) is 5.89. The molecule has 0 bridgehead atoms. The molecule has 200 valence electrons. The number of amides is 3. The Bertz CT molecular complexity index is 1570. The lowest BCUT2D eigenvalue weighted by atomic mass is 10.1. The van der Waals surface area contributed by atoms with E-state index in [0.29, 0.717) is 22.6 Å². The SMILES string of the molecule is C=CCN(CC(=O)N(Cc1ccc(F)cc1)Cc1coc2ccccc2c1=O)C(=O)Nc1ccc(F)cc1F. The number of carbonyl (C=O) groups is 2. The number of hydrogen-bond donors (Lipinski definition) is 1. The molecule has 1 aromatic heterocycles. The Labute approximate surface area is 221 Å². The zero-order chi connectivity index (χ0) is 27.9. The van der Waals surface area contributed by atoms with Crippen LogP contribution in [0.5, 0.6) is 0 Å². The number of carbonyl (C=O) groups excluding carboxylic acids is 2. The summed E-state index contributed by atoms with van der Waals surface area (Å²) in [5.41, 5.74) is 0.603. The van der Waals surface area contributed by atoms with Gasteiger partial charge >= 0.3 is 6.03 Å². The molecule has 0 saturated carbocycles. The van der Waals surface area contributed by atoms with E-state index >= 15 is 0 Å².